The molecule has 36 heavy (non-hydrogen) atoms. The number of unbranched alkanes of at least 4 members (excludes halogenated alkanes) is 1. The molecule has 3 aromatic rings. The number of aromatic nitrogens is 4. The molecule has 0 spiro atoms. The van der Waals surface area contributed by atoms with Crippen molar-refractivity contribution in [2.45, 2.75) is 58.5 Å². The minimum Gasteiger partial charge on any atom is -0.339 e. The zero-order chi connectivity index (χ0) is 26.1. The predicted molar refractivity (Wildman–Crippen MR) is 118 cm³/mol. The molecule has 2 aromatic heterocycles. The van der Waals surface area contributed by atoms with E-state index >= 15 is 0 Å². The average molecular weight is 532 g/mol. The molecule has 0 atom stereocenters. The van der Waals surface area contributed by atoms with Crippen LogP contribution in [0.25, 0.3) is 0 Å². The number of halogens is 6. The summed E-state index contributed by atoms with van der Waals surface area (Å²) in [6.07, 6.45) is 1.16. The first-order valence-electron chi connectivity index (χ1n) is 11.0. The molecule has 4 rings (SSSR count). The maximum absolute atomic E-state index is 13.9. The molecule has 0 saturated heterocycles. The van der Waals surface area contributed by atoms with Crippen LogP contribution in [-0.2, 0) is 32.4 Å². The van der Waals surface area contributed by atoms with E-state index in [2.05, 4.69) is 15.1 Å². The van der Waals surface area contributed by atoms with Gasteiger partial charge in [-0.25, -0.2) is 31.7 Å². The molecule has 0 N–H and O–H groups in total. The van der Waals surface area contributed by atoms with Gasteiger partial charge in [0, 0.05) is 37.9 Å². The summed E-state index contributed by atoms with van der Waals surface area (Å²) in [5.41, 5.74) is -1.78. The molecule has 1 aromatic carbocycles. The highest BCUT2D eigenvalue weighted by Gasteiger charge is 2.27. The van der Waals surface area contributed by atoms with Gasteiger partial charge in [-0.2, -0.15) is 4.98 Å². The first-order chi connectivity index (χ1) is 17.1. The van der Waals surface area contributed by atoms with Gasteiger partial charge in [-0.05, 0) is 12.8 Å². The molecule has 1 aliphatic rings. The maximum Gasteiger partial charge on any atom is 0.332 e. The molecule has 14 heteroatoms. The van der Waals surface area contributed by atoms with E-state index in [-0.39, 0.29) is 48.5 Å². The van der Waals surface area contributed by atoms with Crippen molar-refractivity contribution in [3.63, 3.8) is 0 Å². The van der Waals surface area contributed by atoms with Crippen molar-refractivity contribution in [3.05, 3.63) is 72.8 Å². The van der Waals surface area contributed by atoms with Crippen LogP contribution in [0.4, 0.5) is 27.8 Å². The van der Waals surface area contributed by atoms with Crippen molar-refractivity contribution in [2.24, 2.45) is 4.99 Å². The van der Waals surface area contributed by atoms with Gasteiger partial charge in [0.2, 0.25) is 11.7 Å². The monoisotopic (exact) mass is 531 g/mol. The SMILES string of the molecule is CCCCn1c2c(c(=O)n(CCCc3nc(Cc4c(F)c(F)c(F)c(F)c4F)no3)c1=O)CC(Cl)=N2. The van der Waals surface area contributed by atoms with E-state index in [1.807, 2.05) is 6.92 Å². The van der Waals surface area contributed by atoms with Gasteiger partial charge >= 0.3 is 5.69 Å². The van der Waals surface area contributed by atoms with E-state index in [4.69, 9.17) is 16.1 Å². The molecule has 0 saturated carbocycles. The van der Waals surface area contributed by atoms with Crippen LogP contribution in [0.3, 0.4) is 0 Å². The van der Waals surface area contributed by atoms with Crippen LogP contribution in [0.1, 0.15) is 49.0 Å². The Bertz CT molecular complexity index is 1450. The third kappa shape index (κ3) is 4.71. The van der Waals surface area contributed by atoms with Crippen molar-refractivity contribution in [1.29, 1.82) is 0 Å². The van der Waals surface area contributed by atoms with Crippen molar-refractivity contribution < 1.29 is 26.5 Å². The van der Waals surface area contributed by atoms with Gasteiger partial charge in [0.1, 0.15) is 11.0 Å². The number of nitrogens with zero attached hydrogens (tertiary/aromatic N) is 5. The lowest BCUT2D eigenvalue weighted by molar-refractivity contribution is 0.362. The van der Waals surface area contributed by atoms with Gasteiger partial charge in [0.25, 0.3) is 5.56 Å². The summed E-state index contributed by atoms with van der Waals surface area (Å²) in [5, 5.41) is 3.74. The number of rotatable bonds is 9. The number of aryl methyl sites for hydroxylation is 1. The molecular formula is C22H19ClF5N5O3. The zero-order valence-corrected chi connectivity index (χ0v) is 19.6. The Hall–Kier alpha value is -3.35. The second kappa shape index (κ2) is 10.3. The Morgan fingerprint density at radius 3 is 2.25 bits per heavy atom. The largest absolute Gasteiger partial charge is 0.339 e. The molecule has 0 bridgehead atoms. The van der Waals surface area contributed by atoms with E-state index in [0.29, 0.717) is 18.5 Å². The summed E-state index contributed by atoms with van der Waals surface area (Å²) >= 11 is 6.00. The van der Waals surface area contributed by atoms with Crippen LogP contribution in [-0.4, -0.2) is 24.4 Å². The third-order valence-corrected chi connectivity index (χ3v) is 5.91. The summed E-state index contributed by atoms with van der Waals surface area (Å²) < 4.78 is 75.3. The van der Waals surface area contributed by atoms with Crippen molar-refractivity contribution >= 4 is 22.6 Å². The lowest BCUT2D eigenvalue weighted by Gasteiger charge is -2.13. The minimum atomic E-state index is -2.26. The van der Waals surface area contributed by atoms with E-state index in [1.165, 1.54) is 4.57 Å². The molecule has 0 fully saturated rings. The molecule has 0 aliphatic carbocycles. The van der Waals surface area contributed by atoms with E-state index in [9.17, 15) is 31.5 Å². The van der Waals surface area contributed by atoms with Crippen LogP contribution < -0.4 is 11.2 Å². The maximum atomic E-state index is 13.9. The Kier molecular flexibility index (Phi) is 7.38. The van der Waals surface area contributed by atoms with E-state index in [1.54, 1.807) is 0 Å². The number of aliphatic imine (C=N–C) groups is 1. The second-order valence-electron chi connectivity index (χ2n) is 8.14. The number of hydrogen-bond acceptors (Lipinski definition) is 6. The van der Waals surface area contributed by atoms with Crippen molar-refractivity contribution in [1.82, 2.24) is 19.3 Å². The van der Waals surface area contributed by atoms with Gasteiger partial charge in [0.15, 0.2) is 29.1 Å². The first-order valence-corrected chi connectivity index (χ1v) is 11.4. The standard InChI is InChI=1S/C22H19ClF5N5O3/c1-2-3-6-32-20-11(8-12(23)29-20)21(34)33(22(32)35)7-4-5-14-30-13(31-36-14)9-10-15(24)17(26)19(28)18(27)16(10)25/h2-9H2,1H3. The third-order valence-electron chi connectivity index (χ3n) is 5.69. The lowest BCUT2D eigenvalue weighted by Crippen LogP contribution is -2.41. The summed E-state index contributed by atoms with van der Waals surface area (Å²) in [7, 11) is 0. The minimum absolute atomic E-state index is 0.000710. The van der Waals surface area contributed by atoms with Gasteiger partial charge in [-0.3, -0.25) is 13.9 Å². The van der Waals surface area contributed by atoms with E-state index in [0.717, 1.165) is 11.0 Å². The smallest absolute Gasteiger partial charge is 0.332 e. The highest BCUT2D eigenvalue weighted by atomic mass is 35.5. The predicted octanol–water partition coefficient (Wildman–Crippen LogP) is 3.94. The fourth-order valence-electron chi connectivity index (χ4n) is 3.86. The summed E-state index contributed by atoms with van der Waals surface area (Å²) in [6.45, 7) is 2.34. The highest BCUT2D eigenvalue weighted by molar-refractivity contribution is 6.66. The first kappa shape index (κ1) is 25.7. The fraction of sp³-hybridized carbons (Fsp3) is 0.409. The molecule has 0 radical (unpaired) electrons. The molecule has 3 heterocycles. The fourth-order valence-corrected chi connectivity index (χ4v) is 4.07. The van der Waals surface area contributed by atoms with Crippen molar-refractivity contribution in [3.8, 4) is 0 Å². The number of hydrogen-bond donors (Lipinski definition) is 0. The topological polar surface area (TPSA) is 95.3 Å². The molecule has 192 valence electrons. The average Bonchev–Trinajstić information content (AvgIpc) is 3.47. The molecule has 8 nitrogen and oxygen atoms in total. The van der Waals surface area contributed by atoms with Gasteiger partial charge in [-0.1, -0.05) is 30.1 Å². The van der Waals surface area contributed by atoms with Crippen molar-refractivity contribution in [2.75, 3.05) is 0 Å². The van der Waals surface area contributed by atoms with E-state index < -0.39 is 52.3 Å². The van der Waals surface area contributed by atoms with Crippen LogP contribution in [0.5, 0.6) is 0 Å². The summed E-state index contributed by atoms with van der Waals surface area (Å²) in [5.74, 6) is -10.4. The second-order valence-corrected chi connectivity index (χ2v) is 8.58. The molecule has 0 amide bonds. The number of fused-ring (bicyclic) bond motifs is 1. The zero-order valence-electron chi connectivity index (χ0n) is 18.9. The van der Waals surface area contributed by atoms with Crippen LogP contribution in [0.2, 0.25) is 0 Å². The Morgan fingerprint density at radius 2 is 1.58 bits per heavy atom. The van der Waals surface area contributed by atoms with Gasteiger partial charge < -0.3 is 4.52 Å². The van der Waals surface area contributed by atoms with Crippen LogP contribution in [0, 0.1) is 29.1 Å². The van der Waals surface area contributed by atoms with Crippen LogP contribution >= 0.6 is 11.6 Å². The van der Waals surface area contributed by atoms with Gasteiger partial charge in [-0.15, -0.1) is 0 Å². The van der Waals surface area contributed by atoms with Gasteiger partial charge in [0.05, 0.1) is 5.56 Å². The normalized spacial score (nSPS) is 12.8. The Labute approximate surface area is 205 Å². The Balaban J connectivity index is 1.49. The summed E-state index contributed by atoms with van der Waals surface area (Å²) in [6, 6.07) is 0. The molecule has 0 unspecified atom stereocenters. The molecular weight excluding hydrogens is 513 g/mol. The molecule has 1 aliphatic heterocycles. The lowest BCUT2D eigenvalue weighted by atomic mass is 10.1. The Morgan fingerprint density at radius 1 is 0.944 bits per heavy atom. The quantitative estimate of drug-likeness (QED) is 0.237. The number of benzene rings is 1. The highest BCUT2D eigenvalue weighted by Crippen LogP contribution is 2.25. The summed E-state index contributed by atoms with van der Waals surface area (Å²) in [4.78, 5) is 33.9. The van der Waals surface area contributed by atoms with Crippen LogP contribution in [0.15, 0.2) is 19.1 Å².